The number of piperazine rings is 1. The fourth-order valence-corrected chi connectivity index (χ4v) is 2.62. The van der Waals surface area contributed by atoms with E-state index in [-0.39, 0.29) is 24.4 Å². The number of hydrogen-bond acceptors (Lipinski definition) is 3. The third-order valence-corrected chi connectivity index (χ3v) is 3.69. The van der Waals surface area contributed by atoms with Crippen molar-refractivity contribution in [3.8, 4) is 0 Å². The molecule has 1 saturated heterocycles. The molecule has 104 valence electrons. The second-order valence-corrected chi connectivity index (χ2v) is 5.05. The molecule has 1 atom stereocenters. The Morgan fingerprint density at radius 3 is 2.68 bits per heavy atom. The molecular weight excluding hydrogens is 264 g/mol. The van der Waals surface area contributed by atoms with Crippen molar-refractivity contribution < 1.29 is 9.90 Å². The zero-order valence-corrected chi connectivity index (χ0v) is 11.6. The molecule has 2 rings (SSSR count). The number of carbonyl (C=O) groups is 1. The highest BCUT2D eigenvalue weighted by molar-refractivity contribution is 6.27. The van der Waals surface area contributed by atoms with Crippen LogP contribution in [0.15, 0.2) is 30.3 Å². The Morgan fingerprint density at radius 2 is 2.05 bits per heavy atom. The van der Waals surface area contributed by atoms with E-state index in [1.54, 1.807) is 4.90 Å². The Bertz CT molecular complexity index is 413. The number of benzene rings is 1. The Morgan fingerprint density at radius 1 is 1.32 bits per heavy atom. The lowest BCUT2D eigenvalue weighted by Gasteiger charge is -2.40. The molecule has 1 amide bonds. The second-order valence-electron chi connectivity index (χ2n) is 4.78. The minimum atomic E-state index is -0.149. The van der Waals surface area contributed by atoms with Crippen molar-refractivity contribution in [3.05, 3.63) is 35.9 Å². The number of alkyl halides is 1. The summed E-state index contributed by atoms with van der Waals surface area (Å²) < 4.78 is 0. The van der Waals surface area contributed by atoms with Gasteiger partial charge >= 0.3 is 0 Å². The van der Waals surface area contributed by atoms with Crippen LogP contribution in [0.2, 0.25) is 0 Å². The summed E-state index contributed by atoms with van der Waals surface area (Å²) in [5.41, 5.74) is 1.25. The molecular formula is C14H19ClN2O2. The maximum absolute atomic E-state index is 11.7. The van der Waals surface area contributed by atoms with E-state index in [9.17, 15) is 9.90 Å². The molecule has 0 radical (unpaired) electrons. The van der Waals surface area contributed by atoms with Crippen molar-refractivity contribution in [3.63, 3.8) is 0 Å². The van der Waals surface area contributed by atoms with E-state index < -0.39 is 0 Å². The van der Waals surface area contributed by atoms with Crippen LogP contribution in [0.4, 0.5) is 0 Å². The third kappa shape index (κ3) is 3.69. The molecule has 1 aliphatic heterocycles. The number of hydrogen-bond donors (Lipinski definition) is 1. The highest BCUT2D eigenvalue weighted by Gasteiger charge is 2.29. The molecule has 4 nitrogen and oxygen atoms in total. The summed E-state index contributed by atoms with van der Waals surface area (Å²) in [5.74, 6) is -0.116. The second kappa shape index (κ2) is 6.89. The molecule has 1 N–H and O–H groups in total. The van der Waals surface area contributed by atoms with Gasteiger partial charge in [-0.15, -0.1) is 11.6 Å². The molecule has 0 spiro atoms. The smallest absolute Gasteiger partial charge is 0.237 e. The van der Waals surface area contributed by atoms with Crippen molar-refractivity contribution in [2.24, 2.45) is 0 Å². The van der Waals surface area contributed by atoms with Crippen LogP contribution in [0, 0.1) is 0 Å². The van der Waals surface area contributed by atoms with Crippen LogP contribution < -0.4 is 0 Å². The summed E-state index contributed by atoms with van der Waals surface area (Å²) >= 11 is 5.59. The highest BCUT2D eigenvalue weighted by atomic mass is 35.5. The zero-order valence-electron chi connectivity index (χ0n) is 10.8. The lowest BCUT2D eigenvalue weighted by atomic mass is 10.1. The molecule has 0 unspecified atom stereocenters. The number of aliphatic hydroxyl groups excluding tert-OH is 1. The Hall–Kier alpha value is -1.10. The fourth-order valence-electron chi connectivity index (χ4n) is 2.47. The van der Waals surface area contributed by atoms with E-state index >= 15 is 0 Å². The van der Waals surface area contributed by atoms with Crippen molar-refractivity contribution in [1.82, 2.24) is 9.80 Å². The van der Waals surface area contributed by atoms with Gasteiger partial charge in [0.2, 0.25) is 5.91 Å². The molecule has 0 aliphatic carbocycles. The monoisotopic (exact) mass is 282 g/mol. The topological polar surface area (TPSA) is 43.8 Å². The van der Waals surface area contributed by atoms with Crippen molar-refractivity contribution in [1.29, 1.82) is 0 Å². The van der Waals surface area contributed by atoms with Gasteiger partial charge in [0.1, 0.15) is 5.88 Å². The summed E-state index contributed by atoms with van der Waals surface area (Å²) in [6.07, 6.45) is 0. The molecule has 1 aliphatic rings. The van der Waals surface area contributed by atoms with Gasteiger partial charge in [0.25, 0.3) is 0 Å². The van der Waals surface area contributed by atoms with Gasteiger partial charge in [-0.2, -0.15) is 0 Å². The van der Waals surface area contributed by atoms with Gasteiger partial charge in [0, 0.05) is 26.2 Å². The normalized spacial score (nSPS) is 20.5. The van der Waals surface area contributed by atoms with Gasteiger partial charge in [-0.25, -0.2) is 0 Å². The molecule has 0 aromatic heterocycles. The van der Waals surface area contributed by atoms with Crippen molar-refractivity contribution >= 4 is 17.5 Å². The maximum Gasteiger partial charge on any atom is 0.237 e. The number of nitrogens with zero attached hydrogens (tertiary/aromatic N) is 2. The van der Waals surface area contributed by atoms with Gasteiger partial charge in [-0.3, -0.25) is 9.69 Å². The van der Waals surface area contributed by atoms with Crippen LogP contribution in [0.1, 0.15) is 5.56 Å². The largest absolute Gasteiger partial charge is 0.394 e. The number of amides is 1. The summed E-state index contributed by atoms with van der Waals surface area (Å²) in [6, 6.07) is 10.1. The van der Waals surface area contributed by atoms with Crippen molar-refractivity contribution in [2.75, 3.05) is 32.1 Å². The van der Waals surface area contributed by atoms with Gasteiger partial charge in [-0.05, 0) is 5.56 Å². The molecule has 1 fully saturated rings. The zero-order chi connectivity index (χ0) is 13.7. The van der Waals surface area contributed by atoms with Crippen LogP contribution in [-0.4, -0.2) is 59.0 Å². The van der Waals surface area contributed by atoms with Crippen molar-refractivity contribution in [2.45, 2.75) is 12.6 Å². The lowest BCUT2D eigenvalue weighted by Crippen LogP contribution is -2.56. The Kier molecular flexibility index (Phi) is 5.19. The van der Waals surface area contributed by atoms with Gasteiger partial charge in [0.05, 0.1) is 12.6 Å². The summed E-state index contributed by atoms with van der Waals surface area (Å²) in [5, 5.41) is 9.43. The van der Waals surface area contributed by atoms with Gasteiger partial charge in [0.15, 0.2) is 0 Å². The summed E-state index contributed by atoms with van der Waals surface area (Å²) in [7, 11) is 0. The number of carbonyl (C=O) groups excluding carboxylic acids is 1. The van der Waals surface area contributed by atoms with E-state index in [1.165, 1.54) is 5.56 Å². The number of aliphatic hydroxyl groups is 1. The molecule has 1 aromatic rings. The van der Waals surface area contributed by atoms with Gasteiger partial charge in [-0.1, -0.05) is 30.3 Å². The van der Waals surface area contributed by atoms with E-state index in [2.05, 4.69) is 17.0 Å². The van der Waals surface area contributed by atoms with Crippen LogP contribution in [0.25, 0.3) is 0 Å². The minimum Gasteiger partial charge on any atom is -0.394 e. The van der Waals surface area contributed by atoms with Crippen LogP contribution in [0.3, 0.4) is 0 Å². The molecule has 19 heavy (non-hydrogen) atoms. The predicted molar refractivity (Wildman–Crippen MR) is 75.0 cm³/mol. The lowest BCUT2D eigenvalue weighted by molar-refractivity contribution is -0.134. The third-order valence-electron chi connectivity index (χ3n) is 3.46. The first-order valence-electron chi connectivity index (χ1n) is 6.47. The molecule has 5 heteroatoms. The standard InChI is InChI=1S/C14H19ClN2O2/c15-8-14(19)17-7-6-16(10-13(17)11-18)9-12-4-2-1-3-5-12/h1-5,13,18H,6-11H2/t13-/m0/s1. The highest BCUT2D eigenvalue weighted by Crippen LogP contribution is 2.13. The van der Waals surface area contributed by atoms with Crippen LogP contribution in [-0.2, 0) is 11.3 Å². The number of rotatable bonds is 4. The van der Waals surface area contributed by atoms with Gasteiger partial charge < -0.3 is 10.0 Å². The summed E-state index contributed by atoms with van der Waals surface area (Å²) in [4.78, 5) is 15.6. The van der Waals surface area contributed by atoms with E-state index in [0.29, 0.717) is 13.1 Å². The molecule has 0 saturated carbocycles. The number of halogens is 1. The minimum absolute atomic E-state index is 0.0187. The Balaban J connectivity index is 1.95. The molecule has 1 aromatic carbocycles. The SMILES string of the molecule is O=C(CCl)N1CCN(Cc2ccccc2)C[C@H]1CO. The molecule has 0 bridgehead atoms. The summed E-state index contributed by atoms with van der Waals surface area (Å²) in [6.45, 7) is 2.96. The average Bonchev–Trinajstić information content (AvgIpc) is 2.47. The first-order valence-corrected chi connectivity index (χ1v) is 7.00. The first-order chi connectivity index (χ1) is 9.24. The van der Waals surface area contributed by atoms with E-state index in [4.69, 9.17) is 11.6 Å². The first kappa shape index (κ1) is 14.3. The quantitative estimate of drug-likeness (QED) is 0.836. The predicted octanol–water partition coefficient (Wildman–Crippen LogP) is 0.930. The fraction of sp³-hybridized carbons (Fsp3) is 0.500. The maximum atomic E-state index is 11.7. The van der Waals surface area contributed by atoms with E-state index in [0.717, 1.165) is 13.1 Å². The Labute approximate surface area is 118 Å². The average molecular weight is 283 g/mol. The van der Waals surface area contributed by atoms with E-state index in [1.807, 2.05) is 18.2 Å². The molecule has 1 heterocycles. The van der Waals surface area contributed by atoms with Crippen LogP contribution >= 0.6 is 11.6 Å². The van der Waals surface area contributed by atoms with Crippen LogP contribution in [0.5, 0.6) is 0 Å².